The van der Waals surface area contributed by atoms with E-state index in [0.717, 1.165) is 23.7 Å². The average Bonchev–Trinajstić information content (AvgIpc) is 3.16. The Kier molecular flexibility index (Phi) is 5.74. The number of fused-ring (bicyclic) bond motifs is 3. The second kappa shape index (κ2) is 8.86. The molecule has 1 aliphatic heterocycles. The lowest BCUT2D eigenvalue weighted by atomic mass is 9.97. The normalized spacial score (nSPS) is 13.4. The molecular formula is C24H27FN8O. The van der Waals surface area contributed by atoms with Gasteiger partial charge in [-0.1, -0.05) is 18.9 Å². The fourth-order valence-corrected chi connectivity index (χ4v) is 4.35. The van der Waals surface area contributed by atoms with Gasteiger partial charge < -0.3 is 25.7 Å². The maximum Gasteiger partial charge on any atom is 0.326 e. The summed E-state index contributed by atoms with van der Waals surface area (Å²) in [6.07, 6.45) is 5.21. The molecule has 4 aromatic rings. The number of ether oxygens (including phenoxy) is 1. The highest BCUT2D eigenvalue weighted by atomic mass is 19.1. The van der Waals surface area contributed by atoms with Crippen LogP contribution in [0.1, 0.15) is 25.6 Å². The van der Waals surface area contributed by atoms with Crippen LogP contribution >= 0.6 is 0 Å². The summed E-state index contributed by atoms with van der Waals surface area (Å²) >= 11 is 0. The molecule has 3 aromatic heterocycles. The maximum atomic E-state index is 14.4. The number of hydrogen-bond acceptors (Lipinski definition) is 8. The third kappa shape index (κ3) is 3.90. The number of anilines is 2. The van der Waals surface area contributed by atoms with Crippen LogP contribution in [0.3, 0.4) is 0 Å². The number of nitrogens with two attached hydrogens (primary N) is 1. The first-order chi connectivity index (χ1) is 16.5. The molecule has 0 spiro atoms. The standard InChI is InChI=1S/C24H27FN8O/c1-4-5-14(8-26)15-11-33(12-15)23-20-18-6-16(25)7-19(27-3)21(18)30-22(20)31-24(32-23)34-17-9-28-13(2)29-10-17/h6-7,9-10,27H,4-5,8,11-12,26H2,1-3H3,(H,30,31,32). The van der Waals surface area contributed by atoms with Gasteiger partial charge in [0.2, 0.25) is 0 Å². The predicted molar refractivity (Wildman–Crippen MR) is 131 cm³/mol. The van der Waals surface area contributed by atoms with Crippen molar-refractivity contribution < 1.29 is 9.13 Å². The Balaban J connectivity index is 1.63. The molecule has 0 amide bonds. The van der Waals surface area contributed by atoms with E-state index in [1.807, 2.05) is 0 Å². The van der Waals surface area contributed by atoms with Crippen molar-refractivity contribution in [3.05, 3.63) is 47.3 Å². The van der Waals surface area contributed by atoms with Crippen LogP contribution in [-0.2, 0) is 0 Å². The lowest BCUT2D eigenvalue weighted by molar-refractivity contribution is 0.438. The number of benzene rings is 1. The number of aromatic nitrogens is 5. The molecule has 1 saturated heterocycles. The number of H-pyrrole nitrogens is 1. The zero-order valence-electron chi connectivity index (χ0n) is 19.4. The first kappa shape index (κ1) is 22.0. The van der Waals surface area contributed by atoms with E-state index < -0.39 is 0 Å². The summed E-state index contributed by atoms with van der Waals surface area (Å²) in [6.45, 7) is 5.94. The van der Waals surface area contributed by atoms with E-state index in [1.54, 1.807) is 26.4 Å². The van der Waals surface area contributed by atoms with Crippen molar-refractivity contribution in [3.8, 4) is 11.8 Å². The molecule has 176 valence electrons. The highest BCUT2D eigenvalue weighted by molar-refractivity contribution is 6.14. The van der Waals surface area contributed by atoms with Gasteiger partial charge in [-0.15, -0.1) is 0 Å². The molecule has 0 bridgehead atoms. The third-order valence-corrected chi connectivity index (χ3v) is 6.08. The second-order valence-electron chi connectivity index (χ2n) is 8.39. The summed E-state index contributed by atoms with van der Waals surface area (Å²) in [6, 6.07) is 3.13. The zero-order valence-corrected chi connectivity index (χ0v) is 19.4. The van der Waals surface area contributed by atoms with Crippen LogP contribution in [0.2, 0.25) is 0 Å². The van der Waals surface area contributed by atoms with E-state index in [2.05, 4.69) is 37.1 Å². The molecule has 5 rings (SSSR count). The number of aromatic amines is 1. The molecule has 1 aromatic carbocycles. The van der Waals surface area contributed by atoms with Crippen molar-refractivity contribution in [1.29, 1.82) is 0 Å². The molecule has 10 heteroatoms. The van der Waals surface area contributed by atoms with Crippen LogP contribution in [0.25, 0.3) is 21.9 Å². The molecule has 0 unspecified atom stereocenters. The Morgan fingerprint density at radius 1 is 1.24 bits per heavy atom. The number of halogens is 1. The molecule has 1 aliphatic rings. The number of nitrogens with one attached hydrogen (secondary N) is 2. The first-order valence-electron chi connectivity index (χ1n) is 11.3. The van der Waals surface area contributed by atoms with E-state index in [1.165, 1.54) is 23.3 Å². The molecule has 4 N–H and O–H groups in total. The Labute approximate surface area is 196 Å². The van der Waals surface area contributed by atoms with E-state index in [4.69, 9.17) is 15.5 Å². The zero-order chi connectivity index (χ0) is 23.8. The molecule has 0 atom stereocenters. The molecule has 4 heterocycles. The van der Waals surface area contributed by atoms with E-state index in [9.17, 15) is 4.39 Å². The van der Waals surface area contributed by atoms with Crippen molar-refractivity contribution >= 4 is 33.4 Å². The van der Waals surface area contributed by atoms with Crippen LogP contribution in [0.5, 0.6) is 11.8 Å². The molecule has 9 nitrogen and oxygen atoms in total. The maximum absolute atomic E-state index is 14.4. The van der Waals surface area contributed by atoms with Crippen LogP contribution in [0.15, 0.2) is 35.7 Å². The average molecular weight is 463 g/mol. The minimum atomic E-state index is -0.335. The molecular weight excluding hydrogens is 435 g/mol. The quantitative estimate of drug-likeness (QED) is 0.352. The summed E-state index contributed by atoms with van der Waals surface area (Å²) in [5, 5.41) is 4.51. The molecule has 34 heavy (non-hydrogen) atoms. The highest BCUT2D eigenvalue weighted by Crippen LogP contribution is 2.39. The van der Waals surface area contributed by atoms with Crippen LogP contribution in [0, 0.1) is 12.7 Å². The Bertz CT molecular complexity index is 1390. The van der Waals surface area contributed by atoms with Gasteiger partial charge in [-0.25, -0.2) is 14.4 Å². The minimum absolute atomic E-state index is 0.165. The van der Waals surface area contributed by atoms with Crippen molar-refractivity contribution in [2.45, 2.75) is 26.7 Å². The number of aryl methyl sites for hydroxylation is 1. The van der Waals surface area contributed by atoms with E-state index >= 15 is 0 Å². The molecule has 0 saturated carbocycles. The lowest BCUT2D eigenvalue weighted by Gasteiger charge is -2.37. The van der Waals surface area contributed by atoms with Crippen LogP contribution in [0.4, 0.5) is 15.9 Å². The van der Waals surface area contributed by atoms with Gasteiger partial charge in [-0.2, -0.15) is 9.97 Å². The van der Waals surface area contributed by atoms with Crippen LogP contribution in [-0.4, -0.2) is 51.6 Å². The summed E-state index contributed by atoms with van der Waals surface area (Å²) in [5.41, 5.74) is 10.6. The van der Waals surface area contributed by atoms with Crippen molar-refractivity contribution in [2.75, 3.05) is 36.9 Å². The van der Waals surface area contributed by atoms with Crippen molar-refractivity contribution in [2.24, 2.45) is 5.73 Å². The van der Waals surface area contributed by atoms with Crippen molar-refractivity contribution in [1.82, 2.24) is 24.9 Å². The Morgan fingerprint density at radius 3 is 2.68 bits per heavy atom. The molecule has 1 fully saturated rings. The van der Waals surface area contributed by atoms with Gasteiger partial charge >= 0.3 is 6.01 Å². The van der Waals surface area contributed by atoms with Gasteiger partial charge in [0.15, 0.2) is 5.75 Å². The number of hydrogen-bond donors (Lipinski definition) is 3. The number of rotatable bonds is 7. The topological polar surface area (TPSA) is 118 Å². The van der Waals surface area contributed by atoms with Gasteiger partial charge in [0.05, 0.1) is 29.0 Å². The van der Waals surface area contributed by atoms with Gasteiger partial charge in [0.1, 0.15) is 23.1 Å². The van der Waals surface area contributed by atoms with Gasteiger partial charge in [-0.3, -0.25) is 0 Å². The van der Waals surface area contributed by atoms with Crippen LogP contribution < -0.4 is 20.7 Å². The third-order valence-electron chi connectivity index (χ3n) is 6.08. The largest absolute Gasteiger partial charge is 0.421 e. The second-order valence-corrected chi connectivity index (χ2v) is 8.39. The van der Waals surface area contributed by atoms with Gasteiger partial charge in [0.25, 0.3) is 0 Å². The first-order valence-corrected chi connectivity index (χ1v) is 11.3. The fraction of sp³-hybridized carbons (Fsp3) is 0.333. The minimum Gasteiger partial charge on any atom is -0.421 e. The van der Waals surface area contributed by atoms with Gasteiger partial charge in [0, 0.05) is 32.1 Å². The Morgan fingerprint density at radius 2 is 2.00 bits per heavy atom. The van der Waals surface area contributed by atoms with Gasteiger partial charge in [-0.05, 0) is 31.1 Å². The summed E-state index contributed by atoms with van der Waals surface area (Å²) in [4.78, 5) is 23.1. The monoisotopic (exact) mass is 462 g/mol. The molecule has 0 radical (unpaired) electrons. The van der Waals surface area contributed by atoms with E-state index in [-0.39, 0.29) is 11.8 Å². The van der Waals surface area contributed by atoms with E-state index in [0.29, 0.717) is 53.7 Å². The Hall–Kier alpha value is -3.79. The van der Waals surface area contributed by atoms with Crippen molar-refractivity contribution in [3.63, 3.8) is 0 Å². The predicted octanol–water partition coefficient (Wildman–Crippen LogP) is 4.06. The number of nitrogens with zero attached hydrogens (tertiary/aromatic N) is 5. The SMILES string of the molecule is CCCC(CN)=C1CN(c2nc(Oc3cnc(C)nc3)nc3[nH]c4c(NC)cc(F)cc4c23)C1. The summed E-state index contributed by atoms with van der Waals surface area (Å²) in [5.74, 6) is 1.43. The summed E-state index contributed by atoms with van der Waals surface area (Å²) < 4.78 is 20.3. The smallest absolute Gasteiger partial charge is 0.326 e. The summed E-state index contributed by atoms with van der Waals surface area (Å²) in [7, 11) is 1.76. The fourth-order valence-electron chi connectivity index (χ4n) is 4.35. The lowest BCUT2D eigenvalue weighted by Crippen LogP contribution is -2.42. The molecule has 0 aliphatic carbocycles. The highest BCUT2D eigenvalue weighted by Gasteiger charge is 2.29.